The number of amides is 1. The molecule has 0 spiro atoms. The summed E-state index contributed by atoms with van der Waals surface area (Å²) in [5, 5.41) is 4.06. The van der Waals surface area contributed by atoms with Gasteiger partial charge in [-0.1, -0.05) is 30.7 Å². The summed E-state index contributed by atoms with van der Waals surface area (Å²) >= 11 is 7.45. The first kappa shape index (κ1) is 19.6. The third kappa shape index (κ3) is 4.79. The first-order valence-electron chi connectivity index (χ1n) is 9.04. The first-order chi connectivity index (χ1) is 13.0. The average Bonchev–Trinajstić information content (AvgIpc) is 2.97. The van der Waals surface area contributed by atoms with Crippen molar-refractivity contribution < 1.29 is 14.3 Å². The number of hydrogen-bond donors (Lipinski definition) is 1. The van der Waals surface area contributed by atoms with Crippen molar-refractivity contribution in [3.05, 3.63) is 56.9 Å². The number of carbonyl (C=O) groups excluding carboxylic acids is 2. The van der Waals surface area contributed by atoms with Gasteiger partial charge in [0.25, 0.3) is 0 Å². The molecule has 0 radical (unpaired) electrons. The fourth-order valence-electron chi connectivity index (χ4n) is 3.19. The topological polar surface area (TPSA) is 55.4 Å². The van der Waals surface area contributed by atoms with Crippen LogP contribution in [0.15, 0.2) is 30.3 Å². The van der Waals surface area contributed by atoms with Crippen LogP contribution in [0.2, 0.25) is 5.02 Å². The largest absolute Gasteiger partial charge is 0.462 e. The Balaban J connectivity index is 1.83. The summed E-state index contributed by atoms with van der Waals surface area (Å²) in [4.78, 5) is 26.1. The van der Waals surface area contributed by atoms with Crippen LogP contribution in [0.25, 0.3) is 6.08 Å². The molecule has 0 aliphatic heterocycles. The molecule has 0 saturated heterocycles. The number of anilines is 1. The van der Waals surface area contributed by atoms with Crippen LogP contribution >= 0.6 is 22.9 Å². The average molecular weight is 404 g/mol. The van der Waals surface area contributed by atoms with E-state index >= 15 is 0 Å². The maximum atomic E-state index is 12.5. The summed E-state index contributed by atoms with van der Waals surface area (Å²) in [6.07, 6.45) is 5.96. The number of ether oxygens (including phenoxy) is 1. The maximum Gasteiger partial charge on any atom is 0.341 e. The zero-order valence-corrected chi connectivity index (χ0v) is 17.0. The normalized spacial score (nSPS) is 16.2. The van der Waals surface area contributed by atoms with Crippen molar-refractivity contribution in [2.45, 2.75) is 33.1 Å². The van der Waals surface area contributed by atoms with E-state index in [1.165, 1.54) is 22.3 Å². The molecule has 1 heterocycles. The zero-order chi connectivity index (χ0) is 19.4. The van der Waals surface area contributed by atoms with E-state index in [0.717, 1.165) is 30.4 Å². The summed E-state index contributed by atoms with van der Waals surface area (Å²) < 4.78 is 5.23. The summed E-state index contributed by atoms with van der Waals surface area (Å²) in [5.74, 6) is -0.0664. The van der Waals surface area contributed by atoms with Gasteiger partial charge in [0.1, 0.15) is 5.00 Å². The lowest BCUT2D eigenvalue weighted by Gasteiger charge is -2.18. The van der Waals surface area contributed by atoms with E-state index in [1.807, 2.05) is 12.1 Å². The minimum atomic E-state index is -0.362. The molecular weight excluding hydrogens is 382 g/mol. The molecule has 1 aromatic heterocycles. The lowest BCUT2D eigenvalue weighted by Crippen LogP contribution is -2.15. The van der Waals surface area contributed by atoms with Gasteiger partial charge in [0.15, 0.2) is 0 Å². The minimum Gasteiger partial charge on any atom is -0.462 e. The van der Waals surface area contributed by atoms with E-state index in [2.05, 4.69) is 12.2 Å². The molecule has 0 bridgehead atoms. The number of halogens is 1. The van der Waals surface area contributed by atoms with Crippen LogP contribution in [0.1, 0.15) is 46.6 Å². The molecule has 0 saturated carbocycles. The van der Waals surface area contributed by atoms with E-state index in [0.29, 0.717) is 28.1 Å². The SMILES string of the molecule is CCOC(=O)c1c(NC(=O)C=Cc2cccc(Cl)c2)sc2c1CCC(C)C2. The van der Waals surface area contributed by atoms with Crippen molar-refractivity contribution in [2.75, 3.05) is 11.9 Å². The summed E-state index contributed by atoms with van der Waals surface area (Å²) in [6.45, 7) is 4.30. The van der Waals surface area contributed by atoms with E-state index < -0.39 is 0 Å². The van der Waals surface area contributed by atoms with Gasteiger partial charge >= 0.3 is 5.97 Å². The number of rotatable bonds is 5. The van der Waals surface area contributed by atoms with Gasteiger partial charge in [0, 0.05) is 16.0 Å². The lowest BCUT2D eigenvalue weighted by atomic mass is 9.88. The Labute approximate surface area is 168 Å². The number of carbonyl (C=O) groups is 2. The second-order valence-corrected chi connectivity index (χ2v) is 8.20. The Hall–Kier alpha value is -2.11. The van der Waals surface area contributed by atoms with Crippen LogP contribution in [0.4, 0.5) is 5.00 Å². The van der Waals surface area contributed by atoms with Crippen molar-refractivity contribution in [3.63, 3.8) is 0 Å². The Bertz CT molecular complexity index is 888. The van der Waals surface area contributed by atoms with Crippen LogP contribution < -0.4 is 5.32 Å². The Morgan fingerprint density at radius 3 is 2.96 bits per heavy atom. The molecule has 2 aromatic rings. The summed E-state index contributed by atoms with van der Waals surface area (Å²) in [7, 11) is 0. The van der Waals surface area contributed by atoms with Crippen LogP contribution in [0, 0.1) is 5.92 Å². The van der Waals surface area contributed by atoms with Gasteiger partial charge < -0.3 is 10.1 Å². The van der Waals surface area contributed by atoms with E-state index in [1.54, 1.807) is 25.1 Å². The second-order valence-electron chi connectivity index (χ2n) is 6.65. The van der Waals surface area contributed by atoms with E-state index in [9.17, 15) is 9.59 Å². The second kappa shape index (κ2) is 8.72. The monoisotopic (exact) mass is 403 g/mol. The number of hydrogen-bond acceptors (Lipinski definition) is 4. The van der Waals surface area contributed by atoms with Crippen molar-refractivity contribution in [2.24, 2.45) is 5.92 Å². The molecule has 1 N–H and O–H groups in total. The number of benzene rings is 1. The molecule has 1 aliphatic rings. The molecule has 1 unspecified atom stereocenters. The predicted molar refractivity (Wildman–Crippen MR) is 111 cm³/mol. The van der Waals surface area contributed by atoms with Gasteiger partial charge in [0.2, 0.25) is 5.91 Å². The quantitative estimate of drug-likeness (QED) is 0.540. The van der Waals surface area contributed by atoms with E-state index in [4.69, 9.17) is 16.3 Å². The Kier molecular flexibility index (Phi) is 6.34. The molecule has 0 fully saturated rings. The fourth-order valence-corrected chi connectivity index (χ4v) is 4.79. The highest BCUT2D eigenvalue weighted by atomic mass is 35.5. The molecular formula is C21H22ClNO3S. The number of fused-ring (bicyclic) bond motifs is 1. The third-order valence-electron chi connectivity index (χ3n) is 4.50. The van der Waals surface area contributed by atoms with Gasteiger partial charge in [-0.15, -0.1) is 11.3 Å². The Morgan fingerprint density at radius 2 is 2.22 bits per heavy atom. The molecule has 1 aliphatic carbocycles. The third-order valence-corrected chi connectivity index (χ3v) is 5.91. The molecule has 4 nitrogen and oxygen atoms in total. The number of thiophene rings is 1. The van der Waals surface area contributed by atoms with Gasteiger partial charge in [0.05, 0.1) is 12.2 Å². The summed E-state index contributed by atoms with van der Waals surface area (Å²) in [5.41, 5.74) is 2.39. The Morgan fingerprint density at radius 1 is 1.41 bits per heavy atom. The lowest BCUT2D eigenvalue weighted by molar-refractivity contribution is -0.111. The van der Waals surface area contributed by atoms with Crippen LogP contribution in [0.3, 0.4) is 0 Å². The summed E-state index contributed by atoms with van der Waals surface area (Å²) in [6, 6.07) is 7.25. The van der Waals surface area contributed by atoms with Crippen molar-refractivity contribution >= 4 is 45.9 Å². The molecule has 1 aromatic carbocycles. The van der Waals surface area contributed by atoms with Crippen molar-refractivity contribution in [1.82, 2.24) is 0 Å². The molecule has 27 heavy (non-hydrogen) atoms. The highest BCUT2D eigenvalue weighted by Crippen LogP contribution is 2.40. The van der Waals surface area contributed by atoms with Crippen molar-refractivity contribution in [3.8, 4) is 0 Å². The number of esters is 1. The van der Waals surface area contributed by atoms with Crippen LogP contribution in [-0.2, 0) is 22.4 Å². The minimum absolute atomic E-state index is 0.285. The smallest absolute Gasteiger partial charge is 0.341 e. The molecule has 142 valence electrons. The van der Waals surface area contributed by atoms with Gasteiger partial charge in [-0.3, -0.25) is 4.79 Å². The fraction of sp³-hybridized carbons (Fsp3) is 0.333. The highest BCUT2D eigenvalue weighted by molar-refractivity contribution is 7.17. The van der Waals surface area contributed by atoms with E-state index in [-0.39, 0.29) is 11.9 Å². The van der Waals surface area contributed by atoms with Gasteiger partial charge in [-0.05, 0) is 61.4 Å². The highest BCUT2D eigenvalue weighted by Gasteiger charge is 2.28. The van der Waals surface area contributed by atoms with Crippen molar-refractivity contribution in [1.29, 1.82) is 0 Å². The van der Waals surface area contributed by atoms with Crippen LogP contribution in [-0.4, -0.2) is 18.5 Å². The molecule has 6 heteroatoms. The van der Waals surface area contributed by atoms with Gasteiger partial charge in [-0.25, -0.2) is 4.79 Å². The predicted octanol–water partition coefficient (Wildman–Crippen LogP) is 5.35. The molecule has 1 amide bonds. The molecule has 1 atom stereocenters. The molecule has 3 rings (SSSR count). The van der Waals surface area contributed by atoms with Crippen LogP contribution in [0.5, 0.6) is 0 Å². The standard InChI is InChI=1S/C21H22ClNO3S/c1-3-26-21(25)19-16-9-7-13(2)11-17(16)27-20(19)23-18(24)10-8-14-5-4-6-15(22)12-14/h4-6,8,10,12-13H,3,7,9,11H2,1-2H3,(H,23,24). The number of nitrogens with one attached hydrogen (secondary N) is 1. The first-order valence-corrected chi connectivity index (χ1v) is 10.2. The van der Waals surface area contributed by atoms with Gasteiger partial charge in [-0.2, -0.15) is 0 Å². The zero-order valence-electron chi connectivity index (χ0n) is 15.4. The maximum absolute atomic E-state index is 12.5.